The summed E-state index contributed by atoms with van der Waals surface area (Å²) in [5, 5.41) is 5.69. The fourth-order valence-electron chi connectivity index (χ4n) is 4.52. The smallest absolute Gasteiger partial charge is 0.406 e. The number of rotatable bonds is 12. The van der Waals surface area contributed by atoms with E-state index >= 15 is 0 Å². The average Bonchev–Trinajstić information content (AvgIpc) is 2.87. The first kappa shape index (κ1) is 32.3. The molecule has 1 saturated carbocycles. The summed E-state index contributed by atoms with van der Waals surface area (Å²) in [6.07, 6.45) is -5.08. The summed E-state index contributed by atoms with van der Waals surface area (Å²) in [5.74, 6) is -1.65. The van der Waals surface area contributed by atoms with Crippen molar-refractivity contribution in [1.29, 1.82) is 0 Å². The summed E-state index contributed by atoms with van der Waals surface area (Å²) in [4.78, 5) is 12.7. The van der Waals surface area contributed by atoms with Crippen molar-refractivity contribution in [2.75, 3.05) is 11.9 Å². The minimum atomic E-state index is -5.01. The van der Waals surface area contributed by atoms with Crippen LogP contribution in [0.3, 0.4) is 0 Å². The summed E-state index contributed by atoms with van der Waals surface area (Å²) < 4.78 is 111. The van der Waals surface area contributed by atoms with Gasteiger partial charge in [-0.1, -0.05) is 38.2 Å². The summed E-state index contributed by atoms with van der Waals surface area (Å²) in [7, 11) is -4.40. The molecule has 0 radical (unpaired) electrons. The molecule has 3 N–H and O–H groups in total. The molecule has 15 heteroatoms. The third-order valence-corrected chi connectivity index (χ3v) is 7.81. The molecule has 41 heavy (non-hydrogen) atoms. The minimum absolute atomic E-state index is 0.0391. The lowest BCUT2D eigenvalue weighted by Crippen LogP contribution is -2.49. The fourth-order valence-corrected chi connectivity index (χ4v) is 5.77. The number of ether oxygens (including phenoxy) is 2. The maximum absolute atomic E-state index is 13.2. The van der Waals surface area contributed by atoms with Gasteiger partial charge in [-0.15, -0.1) is 26.3 Å². The van der Waals surface area contributed by atoms with E-state index in [9.17, 15) is 39.6 Å². The van der Waals surface area contributed by atoms with Crippen LogP contribution in [0.15, 0.2) is 53.4 Å². The molecule has 0 aromatic heterocycles. The zero-order valence-corrected chi connectivity index (χ0v) is 22.8. The molecule has 8 nitrogen and oxygen atoms in total. The Bertz CT molecular complexity index is 1250. The molecule has 1 amide bonds. The van der Waals surface area contributed by atoms with Gasteiger partial charge in [0.25, 0.3) is 0 Å². The van der Waals surface area contributed by atoms with Crippen LogP contribution in [-0.4, -0.2) is 45.7 Å². The molecule has 0 aliphatic heterocycles. The molecule has 0 heterocycles. The molecule has 3 rings (SSSR count). The number of carbonyl (C=O) groups excluding carboxylic acids is 1. The third-order valence-electron chi connectivity index (χ3n) is 6.34. The number of nitrogens with one attached hydrogen (secondary N) is 3. The lowest BCUT2D eigenvalue weighted by atomic mass is 9.85. The maximum Gasteiger partial charge on any atom is 0.573 e. The first-order valence-electron chi connectivity index (χ1n) is 12.9. The van der Waals surface area contributed by atoms with E-state index in [4.69, 9.17) is 0 Å². The minimum Gasteiger partial charge on any atom is -0.406 e. The van der Waals surface area contributed by atoms with E-state index in [1.807, 2.05) is 0 Å². The van der Waals surface area contributed by atoms with Crippen LogP contribution < -0.4 is 24.8 Å². The normalized spacial score (nSPS) is 16.5. The molecule has 1 unspecified atom stereocenters. The highest BCUT2D eigenvalue weighted by Gasteiger charge is 2.33. The van der Waals surface area contributed by atoms with E-state index in [1.54, 1.807) is 6.92 Å². The number of alkyl halides is 6. The third kappa shape index (κ3) is 11.3. The molecule has 2 aromatic rings. The first-order valence-corrected chi connectivity index (χ1v) is 14.4. The van der Waals surface area contributed by atoms with Crippen molar-refractivity contribution in [1.82, 2.24) is 10.0 Å². The molecular weight excluding hydrogens is 580 g/mol. The van der Waals surface area contributed by atoms with Gasteiger partial charge in [-0.25, -0.2) is 8.42 Å². The van der Waals surface area contributed by atoms with Crippen LogP contribution in [0, 0.1) is 5.92 Å². The fraction of sp³-hybridized carbons (Fsp3) is 0.500. The van der Waals surface area contributed by atoms with E-state index in [-0.39, 0.29) is 18.9 Å². The number of sulfonamides is 1. The van der Waals surface area contributed by atoms with Gasteiger partial charge in [-0.3, -0.25) is 4.79 Å². The van der Waals surface area contributed by atoms with Crippen LogP contribution in [0.2, 0.25) is 0 Å². The Labute approximate surface area is 233 Å². The number of halogens is 6. The van der Waals surface area contributed by atoms with Gasteiger partial charge in [0.1, 0.15) is 17.5 Å². The Morgan fingerprint density at radius 1 is 0.927 bits per heavy atom. The van der Waals surface area contributed by atoms with E-state index < -0.39 is 57.1 Å². The van der Waals surface area contributed by atoms with Crippen LogP contribution in [0.4, 0.5) is 32.0 Å². The Morgan fingerprint density at radius 2 is 1.54 bits per heavy atom. The Kier molecular flexibility index (Phi) is 10.8. The van der Waals surface area contributed by atoms with Crippen molar-refractivity contribution in [3.8, 4) is 11.5 Å². The molecule has 0 saturated heterocycles. The summed E-state index contributed by atoms with van der Waals surface area (Å²) in [6, 6.07) is 7.28. The molecule has 0 spiro atoms. The van der Waals surface area contributed by atoms with Crippen LogP contribution >= 0.6 is 0 Å². The van der Waals surface area contributed by atoms with Gasteiger partial charge in [0.15, 0.2) is 0 Å². The monoisotopic (exact) mass is 611 g/mol. The van der Waals surface area contributed by atoms with Crippen molar-refractivity contribution in [3.63, 3.8) is 0 Å². The van der Waals surface area contributed by atoms with Crippen molar-refractivity contribution in [2.24, 2.45) is 5.92 Å². The van der Waals surface area contributed by atoms with E-state index in [1.165, 1.54) is 12.1 Å². The predicted octanol–water partition coefficient (Wildman–Crippen LogP) is 5.72. The Hall–Kier alpha value is -3.20. The van der Waals surface area contributed by atoms with Crippen LogP contribution in [-0.2, 0) is 14.8 Å². The zero-order chi connectivity index (χ0) is 30.3. The first-order chi connectivity index (χ1) is 19.1. The second-order valence-corrected chi connectivity index (χ2v) is 11.5. The number of amides is 1. The number of hydrogen-bond acceptors (Lipinski definition) is 6. The largest absolute Gasteiger partial charge is 0.573 e. The molecule has 228 valence electrons. The van der Waals surface area contributed by atoms with Crippen molar-refractivity contribution >= 4 is 21.6 Å². The standard InChI is InChI=1S/C26H31F6N3O5S/c1-17(34-19-10-12-20(13-11-19)39-25(27,28)29)16-33-24(36)23(14-18-6-3-2-4-7-18)35-41(37,38)22-9-5-8-21(15-22)40-26(30,31)32/h5,8-13,15,17-18,23,34-35H,2-4,6-7,14,16H2,1H3,(H,33,36)/t17?,23-/m0/s1. The summed E-state index contributed by atoms with van der Waals surface area (Å²) in [6.45, 7) is 1.74. The average molecular weight is 612 g/mol. The van der Waals surface area contributed by atoms with Crippen molar-refractivity contribution in [3.05, 3.63) is 48.5 Å². The number of carbonyl (C=O) groups is 1. The van der Waals surface area contributed by atoms with Gasteiger partial charge in [0.2, 0.25) is 15.9 Å². The van der Waals surface area contributed by atoms with Gasteiger partial charge in [0.05, 0.1) is 4.90 Å². The van der Waals surface area contributed by atoms with Crippen LogP contribution in [0.1, 0.15) is 45.4 Å². The van der Waals surface area contributed by atoms with Crippen LogP contribution in [0.5, 0.6) is 11.5 Å². The highest BCUT2D eigenvalue weighted by atomic mass is 32.2. The molecular formula is C26H31F6N3O5S. The maximum atomic E-state index is 13.2. The zero-order valence-electron chi connectivity index (χ0n) is 22.0. The lowest BCUT2D eigenvalue weighted by Gasteiger charge is -2.27. The molecule has 1 aliphatic rings. The summed E-state index contributed by atoms with van der Waals surface area (Å²) in [5.41, 5.74) is 0.460. The summed E-state index contributed by atoms with van der Waals surface area (Å²) >= 11 is 0. The lowest BCUT2D eigenvalue weighted by molar-refractivity contribution is -0.275. The second-order valence-electron chi connectivity index (χ2n) is 9.80. The van der Waals surface area contributed by atoms with Gasteiger partial charge < -0.3 is 20.1 Å². The highest BCUT2D eigenvalue weighted by molar-refractivity contribution is 7.89. The van der Waals surface area contributed by atoms with Crippen molar-refractivity contribution in [2.45, 2.75) is 75.2 Å². The van der Waals surface area contributed by atoms with E-state index in [0.29, 0.717) is 5.69 Å². The number of hydrogen-bond donors (Lipinski definition) is 3. The topological polar surface area (TPSA) is 106 Å². The van der Waals surface area contributed by atoms with Crippen LogP contribution in [0.25, 0.3) is 0 Å². The predicted molar refractivity (Wildman–Crippen MR) is 138 cm³/mol. The highest BCUT2D eigenvalue weighted by Crippen LogP contribution is 2.29. The molecule has 0 bridgehead atoms. The van der Waals surface area contributed by atoms with Gasteiger partial charge in [0, 0.05) is 24.3 Å². The number of benzene rings is 2. The Morgan fingerprint density at radius 3 is 2.15 bits per heavy atom. The van der Waals surface area contributed by atoms with E-state index in [2.05, 4.69) is 24.8 Å². The SMILES string of the molecule is CC(CNC(=O)[C@H](CC1CCCCC1)NS(=O)(=O)c1cccc(OC(F)(F)F)c1)Nc1ccc(OC(F)(F)F)cc1. The second kappa shape index (κ2) is 13.6. The van der Waals surface area contributed by atoms with Gasteiger partial charge >= 0.3 is 12.7 Å². The van der Waals surface area contributed by atoms with Crippen molar-refractivity contribution < 1.29 is 49.0 Å². The molecule has 1 fully saturated rings. The molecule has 2 atom stereocenters. The number of anilines is 1. The Balaban J connectivity index is 1.66. The van der Waals surface area contributed by atoms with Gasteiger partial charge in [-0.2, -0.15) is 4.72 Å². The molecule has 1 aliphatic carbocycles. The quantitative estimate of drug-likeness (QED) is 0.265. The van der Waals surface area contributed by atoms with E-state index in [0.717, 1.165) is 68.5 Å². The molecule has 2 aromatic carbocycles. The van der Waals surface area contributed by atoms with Gasteiger partial charge in [-0.05, 0) is 55.7 Å².